The zero-order chi connectivity index (χ0) is 19.4. The third-order valence-electron chi connectivity index (χ3n) is 3.60. The largest absolute Gasteiger partial charge is 0.235 e. The van der Waals surface area contributed by atoms with Crippen LogP contribution in [0.4, 0.5) is 8.78 Å². The number of benzene rings is 2. The molecule has 1 aromatic heterocycles. The SMILES string of the molecule is CC(C)(C)SN=Cc1nc(-c2cc(F)ccc2F)sc1Cc1ccccc1. The van der Waals surface area contributed by atoms with Gasteiger partial charge in [0.25, 0.3) is 0 Å². The van der Waals surface area contributed by atoms with Gasteiger partial charge in [0.05, 0.1) is 11.9 Å². The second-order valence-corrected chi connectivity index (χ2v) is 9.75. The van der Waals surface area contributed by atoms with Crippen molar-refractivity contribution in [3.05, 3.63) is 76.3 Å². The van der Waals surface area contributed by atoms with Crippen LogP contribution in [0.25, 0.3) is 10.6 Å². The number of hydrogen-bond acceptors (Lipinski definition) is 4. The van der Waals surface area contributed by atoms with Crippen LogP contribution < -0.4 is 0 Å². The molecule has 2 nitrogen and oxygen atoms in total. The van der Waals surface area contributed by atoms with E-state index < -0.39 is 11.6 Å². The molecule has 0 spiro atoms. The number of hydrogen-bond donors (Lipinski definition) is 0. The second kappa shape index (κ2) is 8.31. The molecule has 0 saturated carbocycles. The first kappa shape index (κ1) is 19.7. The molecule has 0 amide bonds. The van der Waals surface area contributed by atoms with Gasteiger partial charge in [-0.25, -0.2) is 18.2 Å². The van der Waals surface area contributed by atoms with Crippen LogP contribution in [-0.4, -0.2) is 15.9 Å². The molecule has 0 fully saturated rings. The van der Waals surface area contributed by atoms with Gasteiger partial charge in [0.2, 0.25) is 0 Å². The van der Waals surface area contributed by atoms with E-state index in [4.69, 9.17) is 0 Å². The summed E-state index contributed by atoms with van der Waals surface area (Å²) in [5.41, 5.74) is 2.00. The van der Waals surface area contributed by atoms with E-state index in [-0.39, 0.29) is 10.3 Å². The summed E-state index contributed by atoms with van der Waals surface area (Å²) in [5.74, 6) is -0.964. The van der Waals surface area contributed by atoms with Crippen LogP contribution in [0.5, 0.6) is 0 Å². The molecule has 0 aliphatic rings. The van der Waals surface area contributed by atoms with Crippen LogP contribution >= 0.6 is 23.3 Å². The van der Waals surface area contributed by atoms with Crippen LogP contribution in [0.15, 0.2) is 52.9 Å². The molecule has 0 N–H and O–H groups in total. The Bertz CT molecular complexity index is 945. The van der Waals surface area contributed by atoms with E-state index in [1.54, 1.807) is 6.21 Å². The highest BCUT2D eigenvalue weighted by molar-refractivity contribution is 7.99. The van der Waals surface area contributed by atoms with E-state index in [1.807, 2.05) is 30.3 Å². The topological polar surface area (TPSA) is 25.2 Å². The van der Waals surface area contributed by atoms with Gasteiger partial charge in [0.15, 0.2) is 0 Å². The molecule has 3 aromatic rings. The zero-order valence-electron chi connectivity index (χ0n) is 15.4. The summed E-state index contributed by atoms with van der Waals surface area (Å²) >= 11 is 2.82. The normalized spacial score (nSPS) is 12.0. The molecule has 2 aromatic carbocycles. The fraction of sp³-hybridized carbons (Fsp3) is 0.238. The predicted molar refractivity (Wildman–Crippen MR) is 112 cm³/mol. The number of aromatic nitrogens is 1. The van der Waals surface area contributed by atoms with Gasteiger partial charge in [0, 0.05) is 21.6 Å². The molecule has 0 radical (unpaired) electrons. The summed E-state index contributed by atoms with van der Waals surface area (Å²) in [6.07, 6.45) is 2.38. The van der Waals surface area contributed by atoms with Gasteiger partial charge in [-0.1, -0.05) is 30.3 Å². The van der Waals surface area contributed by atoms with Crippen molar-refractivity contribution in [1.29, 1.82) is 0 Å². The first-order chi connectivity index (χ1) is 12.8. The third-order valence-corrected chi connectivity index (χ3v) is 5.46. The molecule has 3 rings (SSSR count). The van der Waals surface area contributed by atoms with Crippen LogP contribution in [0.1, 0.15) is 36.9 Å². The minimum atomic E-state index is -0.482. The van der Waals surface area contributed by atoms with Crippen molar-refractivity contribution < 1.29 is 8.78 Å². The molecule has 1 heterocycles. The smallest absolute Gasteiger partial charge is 0.133 e. The Labute approximate surface area is 166 Å². The van der Waals surface area contributed by atoms with Crippen molar-refractivity contribution in [2.75, 3.05) is 0 Å². The van der Waals surface area contributed by atoms with Gasteiger partial charge < -0.3 is 0 Å². The Hall–Kier alpha value is -2.05. The Morgan fingerprint density at radius 1 is 1.11 bits per heavy atom. The predicted octanol–water partition coefficient (Wildman–Crippen LogP) is 6.54. The number of thiazole rings is 1. The van der Waals surface area contributed by atoms with E-state index in [2.05, 4.69) is 30.2 Å². The summed E-state index contributed by atoms with van der Waals surface area (Å²) in [6.45, 7) is 6.23. The fourth-order valence-corrected chi connectivity index (χ4v) is 3.94. The number of nitrogens with zero attached hydrogens (tertiary/aromatic N) is 2. The van der Waals surface area contributed by atoms with Crippen molar-refractivity contribution >= 4 is 29.5 Å². The quantitative estimate of drug-likeness (QED) is 0.357. The Morgan fingerprint density at radius 3 is 2.56 bits per heavy atom. The maximum absolute atomic E-state index is 14.2. The maximum atomic E-state index is 14.2. The van der Waals surface area contributed by atoms with Crippen LogP contribution in [0, 0.1) is 11.6 Å². The van der Waals surface area contributed by atoms with E-state index in [0.29, 0.717) is 17.1 Å². The molecular weight excluding hydrogens is 382 g/mol. The lowest BCUT2D eigenvalue weighted by Gasteiger charge is -2.11. The average Bonchev–Trinajstić information content (AvgIpc) is 2.99. The lowest BCUT2D eigenvalue weighted by atomic mass is 10.1. The minimum Gasteiger partial charge on any atom is -0.235 e. The van der Waals surface area contributed by atoms with Crippen molar-refractivity contribution in [2.24, 2.45) is 4.40 Å². The highest BCUT2D eigenvalue weighted by atomic mass is 32.2. The van der Waals surface area contributed by atoms with Gasteiger partial charge in [-0.3, -0.25) is 0 Å². The van der Waals surface area contributed by atoms with Gasteiger partial charge >= 0.3 is 0 Å². The van der Waals surface area contributed by atoms with Crippen LogP contribution in [0.2, 0.25) is 0 Å². The summed E-state index contributed by atoms with van der Waals surface area (Å²) in [4.78, 5) is 5.52. The minimum absolute atomic E-state index is 0.0103. The lowest BCUT2D eigenvalue weighted by molar-refractivity contribution is 0.603. The number of halogens is 2. The van der Waals surface area contributed by atoms with Crippen molar-refractivity contribution in [3.63, 3.8) is 0 Å². The van der Waals surface area contributed by atoms with Crippen molar-refractivity contribution in [3.8, 4) is 10.6 Å². The monoisotopic (exact) mass is 402 g/mol. The lowest BCUT2D eigenvalue weighted by Crippen LogP contribution is -2.05. The summed E-state index contributed by atoms with van der Waals surface area (Å²) < 4.78 is 32.2. The van der Waals surface area contributed by atoms with E-state index in [0.717, 1.165) is 22.6 Å². The second-order valence-electron chi connectivity index (χ2n) is 7.05. The van der Waals surface area contributed by atoms with Gasteiger partial charge in [-0.2, -0.15) is 0 Å². The Balaban J connectivity index is 1.98. The third kappa shape index (κ3) is 5.47. The van der Waals surface area contributed by atoms with E-state index in [9.17, 15) is 8.78 Å². The van der Waals surface area contributed by atoms with Gasteiger partial charge in [-0.05, 0) is 56.5 Å². The van der Waals surface area contributed by atoms with Crippen molar-refractivity contribution in [2.45, 2.75) is 31.9 Å². The number of rotatable bonds is 5. The average molecular weight is 403 g/mol. The molecule has 0 bridgehead atoms. The van der Waals surface area contributed by atoms with Gasteiger partial charge in [0.1, 0.15) is 16.6 Å². The Kier molecular flexibility index (Phi) is 6.07. The highest BCUT2D eigenvalue weighted by Gasteiger charge is 2.16. The molecule has 0 unspecified atom stereocenters. The molecule has 0 saturated heterocycles. The molecular formula is C21H20F2N2S2. The zero-order valence-corrected chi connectivity index (χ0v) is 17.0. The van der Waals surface area contributed by atoms with E-state index >= 15 is 0 Å². The summed E-state index contributed by atoms with van der Waals surface area (Å²) in [7, 11) is 0. The molecule has 27 heavy (non-hydrogen) atoms. The van der Waals surface area contributed by atoms with Crippen LogP contribution in [-0.2, 0) is 6.42 Å². The molecule has 0 atom stereocenters. The standard InChI is InChI=1S/C21H20F2N2S2/c1-21(2,3)27-24-13-18-19(11-14-7-5-4-6-8-14)26-20(25-18)16-12-15(22)9-10-17(16)23/h4-10,12-13H,11H2,1-3H3. The van der Waals surface area contributed by atoms with Crippen LogP contribution in [0.3, 0.4) is 0 Å². The molecule has 0 aliphatic carbocycles. The van der Waals surface area contributed by atoms with Crippen molar-refractivity contribution in [1.82, 2.24) is 4.98 Å². The molecule has 140 valence electrons. The first-order valence-electron chi connectivity index (χ1n) is 8.52. The summed E-state index contributed by atoms with van der Waals surface area (Å²) in [5, 5.41) is 0.458. The summed E-state index contributed by atoms with van der Waals surface area (Å²) in [6, 6.07) is 13.4. The first-order valence-corrected chi connectivity index (χ1v) is 10.1. The Morgan fingerprint density at radius 2 is 1.85 bits per heavy atom. The molecule has 0 aliphatic heterocycles. The highest BCUT2D eigenvalue weighted by Crippen LogP contribution is 2.32. The van der Waals surface area contributed by atoms with E-state index in [1.165, 1.54) is 29.4 Å². The fourth-order valence-electron chi connectivity index (χ4n) is 2.38. The van der Waals surface area contributed by atoms with Gasteiger partial charge in [-0.15, -0.1) is 11.3 Å². The maximum Gasteiger partial charge on any atom is 0.133 e. The molecule has 6 heteroatoms.